The molecule has 1 aromatic carbocycles. The van der Waals surface area contributed by atoms with Crippen molar-refractivity contribution in [3.8, 4) is 11.5 Å². The lowest BCUT2D eigenvalue weighted by Gasteiger charge is -2.12. The van der Waals surface area contributed by atoms with Crippen molar-refractivity contribution in [3.63, 3.8) is 0 Å². The fourth-order valence-corrected chi connectivity index (χ4v) is 1.71. The first-order valence-electron chi connectivity index (χ1n) is 6.01. The molecular weight excluding hydrogens is 252 g/mol. The van der Waals surface area contributed by atoms with E-state index in [-0.39, 0.29) is 13.4 Å². The Balaban J connectivity index is 1.83. The summed E-state index contributed by atoms with van der Waals surface area (Å²) in [7, 11) is 0. The largest absolute Gasteiger partial charge is 0.479 e. The Labute approximate surface area is 110 Å². The standard InChI is InChI=1S/C13H16O6/c1-2-17-12(13(14)15)7-16-6-9-3-4-10-11(5-9)19-8-18-10/h3-5,12H,2,6-8H2,1H3,(H,14,15). The molecule has 0 saturated carbocycles. The Bertz CT molecular complexity index is 445. The second-order valence-electron chi connectivity index (χ2n) is 3.98. The van der Waals surface area contributed by atoms with Gasteiger partial charge in [0.2, 0.25) is 6.79 Å². The predicted molar refractivity (Wildman–Crippen MR) is 65.3 cm³/mol. The van der Waals surface area contributed by atoms with Crippen molar-refractivity contribution in [2.75, 3.05) is 20.0 Å². The van der Waals surface area contributed by atoms with Gasteiger partial charge >= 0.3 is 5.97 Å². The maximum absolute atomic E-state index is 10.8. The molecule has 6 nitrogen and oxygen atoms in total. The molecule has 0 amide bonds. The normalized spacial score (nSPS) is 14.4. The van der Waals surface area contributed by atoms with Crippen LogP contribution in [0.4, 0.5) is 0 Å². The molecule has 0 aromatic heterocycles. The molecule has 0 bridgehead atoms. The van der Waals surface area contributed by atoms with Crippen molar-refractivity contribution in [1.82, 2.24) is 0 Å². The average Bonchev–Trinajstić information content (AvgIpc) is 2.85. The number of carbonyl (C=O) groups is 1. The van der Waals surface area contributed by atoms with Crippen LogP contribution >= 0.6 is 0 Å². The number of carboxylic acids is 1. The van der Waals surface area contributed by atoms with E-state index in [4.69, 9.17) is 24.1 Å². The van der Waals surface area contributed by atoms with E-state index in [1.54, 1.807) is 13.0 Å². The van der Waals surface area contributed by atoms with Crippen molar-refractivity contribution in [3.05, 3.63) is 23.8 Å². The SMILES string of the molecule is CCOC(COCc1ccc2c(c1)OCO2)C(=O)O. The van der Waals surface area contributed by atoms with Gasteiger partial charge in [0.25, 0.3) is 0 Å². The van der Waals surface area contributed by atoms with E-state index in [2.05, 4.69) is 0 Å². The van der Waals surface area contributed by atoms with Crippen LogP contribution < -0.4 is 9.47 Å². The lowest BCUT2D eigenvalue weighted by molar-refractivity contribution is -0.154. The van der Waals surface area contributed by atoms with Crippen LogP contribution in [-0.4, -0.2) is 37.2 Å². The topological polar surface area (TPSA) is 74.2 Å². The summed E-state index contributed by atoms with van der Waals surface area (Å²) in [5.74, 6) is 0.370. The number of benzene rings is 1. The Morgan fingerprint density at radius 2 is 2.21 bits per heavy atom. The highest BCUT2D eigenvalue weighted by Gasteiger charge is 2.18. The van der Waals surface area contributed by atoms with E-state index in [0.717, 1.165) is 5.56 Å². The molecule has 6 heteroatoms. The van der Waals surface area contributed by atoms with Gasteiger partial charge in [0, 0.05) is 6.61 Å². The van der Waals surface area contributed by atoms with Gasteiger partial charge in [-0.25, -0.2) is 4.79 Å². The van der Waals surface area contributed by atoms with Gasteiger partial charge in [0.15, 0.2) is 17.6 Å². The summed E-state index contributed by atoms with van der Waals surface area (Å²) in [6.07, 6.45) is -0.931. The van der Waals surface area contributed by atoms with Crippen LogP contribution in [0.3, 0.4) is 0 Å². The molecule has 104 valence electrons. The highest BCUT2D eigenvalue weighted by Crippen LogP contribution is 2.32. The monoisotopic (exact) mass is 268 g/mol. The average molecular weight is 268 g/mol. The van der Waals surface area contributed by atoms with E-state index in [1.165, 1.54) is 0 Å². The summed E-state index contributed by atoms with van der Waals surface area (Å²) >= 11 is 0. The lowest BCUT2D eigenvalue weighted by Crippen LogP contribution is -2.29. The molecule has 0 spiro atoms. The third-order valence-corrected chi connectivity index (χ3v) is 2.62. The summed E-state index contributed by atoms with van der Waals surface area (Å²) in [6.45, 7) is 2.62. The minimum Gasteiger partial charge on any atom is -0.479 e. The molecule has 1 unspecified atom stereocenters. The first kappa shape index (κ1) is 13.6. The molecule has 1 aromatic rings. The Morgan fingerprint density at radius 3 is 2.95 bits per heavy atom. The molecule has 0 fully saturated rings. The maximum atomic E-state index is 10.8. The van der Waals surface area contributed by atoms with E-state index >= 15 is 0 Å². The van der Waals surface area contributed by atoms with Crippen molar-refractivity contribution in [2.45, 2.75) is 19.6 Å². The van der Waals surface area contributed by atoms with Gasteiger partial charge in [-0.15, -0.1) is 0 Å². The van der Waals surface area contributed by atoms with Crippen molar-refractivity contribution < 1.29 is 28.8 Å². The number of fused-ring (bicyclic) bond motifs is 1. The third kappa shape index (κ3) is 3.59. The molecule has 19 heavy (non-hydrogen) atoms. The van der Waals surface area contributed by atoms with E-state index < -0.39 is 12.1 Å². The fourth-order valence-electron chi connectivity index (χ4n) is 1.71. The Hall–Kier alpha value is -1.79. The molecule has 1 heterocycles. The third-order valence-electron chi connectivity index (χ3n) is 2.62. The second kappa shape index (κ2) is 6.40. The van der Waals surface area contributed by atoms with Crippen molar-refractivity contribution in [2.24, 2.45) is 0 Å². The quantitative estimate of drug-likeness (QED) is 0.806. The molecule has 2 rings (SSSR count). The molecule has 0 saturated heterocycles. The number of hydrogen-bond acceptors (Lipinski definition) is 5. The number of ether oxygens (including phenoxy) is 4. The molecule has 0 radical (unpaired) electrons. The first-order valence-corrected chi connectivity index (χ1v) is 6.01. The van der Waals surface area contributed by atoms with E-state index in [9.17, 15) is 4.79 Å². The van der Waals surface area contributed by atoms with Crippen molar-refractivity contribution in [1.29, 1.82) is 0 Å². The molecular formula is C13H16O6. The van der Waals surface area contributed by atoms with Gasteiger partial charge < -0.3 is 24.1 Å². The lowest BCUT2D eigenvalue weighted by atomic mass is 10.2. The van der Waals surface area contributed by atoms with Crippen molar-refractivity contribution >= 4 is 5.97 Å². The van der Waals surface area contributed by atoms with Gasteiger partial charge in [-0.2, -0.15) is 0 Å². The second-order valence-corrected chi connectivity index (χ2v) is 3.98. The minimum absolute atomic E-state index is 0.0115. The zero-order valence-corrected chi connectivity index (χ0v) is 10.6. The molecule has 1 atom stereocenters. The zero-order valence-electron chi connectivity index (χ0n) is 10.6. The van der Waals surface area contributed by atoms with E-state index in [1.807, 2.05) is 12.1 Å². The van der Waals surface area contributed by atoms with Crippen LogP contribution in [0.15, 0.2) is 18.2 Å². The summed E-state index contributed by atoms with van der Waals surface area (Å²) in [4.78, 5) is 10.8. The summed E-state index contributed by atoms with van der Waals surface area (Å²) in [5.41, 5.74) is 0.893. The van der Waals surface area contributed by atoms with Crippen LogP contribution in [0.5, 0.6) is 11.5 Å². The van der Waals surface area contributed by atoms with Gasteiger partial charge in [-0.05, 0) is 24.6 Å². The molecule has 1 N–H and O–H groups in total. The van der Waals surface area contributed by atoms with Gasteiger partial charge in [0.1, 0.15) is 0 Å². The summed E-state index contributed by atoms with van der Waals surface area (Å²) in [5, 5.41) is 8.89. The van der Waals surface area contributed by atoms with Crippen LogP contribution in [0.1, 0.15) is 12.5 Å². The zero-order chi connectivity index (χ0) is 13.7. The molecule has 1 aliphatic heterocycles. The highest BCUT2D eigenvalue weighted by molar-refractivity contribution is 5.72. The maximum Gasteiger partial charge on any atom is 0.335 e. The minimum atomic E-state index is -1.02. The number of hydrogen-bond donors (Lipinski definition) is 1. The molecule has 1 aliphatic rings. The number of aliphatic carboxylic acids is 1. The van der Waals surface area contributed by atoms with Crippen LogP contribution in [-0.2, 0) is 20.9 Å². The highest BCUT2D eigenvalue weighted by atomic mass is 16.7. The van der Waals surface area contributed by atoms with Crippen LogP contribution in [0.25, 0.3) is 0 Å². The van der Waals surface area contributed by atoms with Gasteiger partial charge in [-0.1, -0.05) is 6.07 Å². The summed E-state index contributed by atoms with van der Waals surface area (Å²) < 4.78 is 20.8. The van der Waals surface area contributed by atoms with Crippen LogP contribution in [0, 0.1) is 0 Å². The van der Waals surface area contributed by atoms with Crippen LogP contribution in [0.2, 0.25) is 0 Å². The fraction of sp³-hybridized carbons (Fsp3) is 0.462. The summed E-state index contributed by atoms with van der Waals surface area (Å²) in [6, 6.07) is 5.47. The first-order chi connectivity index (χ1) is 9.20. The Morgan fingerprint density at radius 1 is 1.42 bits per heavy atom. The van der Waals surface area contributed by atoms with Gasteiger partial charge in [0.05, 0.1) is 13.2 Å². The van der Waals surface area contributed by atoms with Gasteiger partial charge in [-0.3, -0.25) is 0 Å². The molecule has 0 aliphatic carbocycles. The smallest absolute Gasteiger partial charge is 0.335 e. The number of carboxylic acid groups (broad SMARTS) is 1. The van der Waals surface area contributed by atoms with E-state index in [0.29, 0.717) is 24.7 Å². The Kier molecular flexibility index (Phi) is 4.59. The number of rotatable bonds is 7. The predicted octanol–water partition coefficient (Wildman–Crippen LogP) is 1.42.